The molecule has 5 atom stereocenters. The highest BCUT2D eigenvalue weighted by Crippen LogP contribution is 2.45. The summed E-state index contributed by atoms with van der Waals surface area (Å²) in [5, 5.41) is 10.6. The Hall–Kier alpha value is -4.80. The van der Waals surface area contributed by atoms with Gasteiger partial charge in [-0.15, -0.1) is 0 Å². The van der Waals surface area contributed by atoms with Crippen LogP contribution in [-0.2, 0) is 65.4 Å². The average Bonchev–Trinajstić information content (AvgIpc) is 0.965. The van der Waals surface area contributed by atoms with Crippen molar-refractivity contribution in [3.8, 4) is 0 Å². The molecule has 0 aliphatic rings. The molecule has 0 aliphatic carbocycles. The van der Waals surface area contributed by atoms with Gasteiger partial charge in [0.25, 0.3) is 0 Å². The third kappa shape index (κ3) is 71.6. The van der Waals surface area contributed by atoms with Gasteiger partial charge in [-0.2, -0.15) is 0 Å². The van der Waals surface area contributed by atoms with E-state index in [2.05, 4.69) is 161 Å². The molecule has 0 saturated carbocycles. The van der Waals surface area contributed by atoms with E-state index in [0.29, 0.717) is 25.7 Å². The quantitative estimate of drug-likeness (QED) is 0.0169. The van der Waals surface area contributed by atoms with Crippen LogP contribution in [0.4, 0.5) is 0 Å². The number of carbonyl (C=O) groups excluding carboxylic acids is 4. The molecule has 0 bridgehead atoms. The van der Waals surface area contributed by atoms with E-state index >= 15 is 0 Å². The molecule has 100 heavy (non-hydrogen) atoms. The Labute approximate surface area is 605 Å². The Bertz CT molecular complexity index is 2420. The van der Waals surface area contributed by atoms with Gasteiger partial charge in [-0.25, -0.2) is 9.13 Å². The zero-order valence-electron chi connectivity index (χ0n) is 62.3. The Morgan fingerprint density at radius 1 is 0.290 bits per heavy atom. The van der Waals surface area contributed by atoms with Crippen LogP contribution in [0.3, 0.4) is 0 Å². The number of ether oxygens (including phenoxy) is 4. The molecule has 0 spiro atoms. The Morgan fingerprint density at radius 2 is 0.540 bits per heavy atom. The molecule has 0 aromatic carbocycles. The van der Waals surface area contributed by atoms with Gasteiger partial charge < -0.3 is 33.8 Å². The van der Waals surface area contributed by atoms with Gasteiger partial charge >= 0.3 is 39.5 Å². The van der Waals surface area contributed by atoms with E-state index < -0.39 is 97.5 Å². The summed E-state index contributed by atoms with van der Waals surface area (Å²) in [5.41, 5.74) is 0. The van der Waals surface area contributed by atoms with E-state index in [4.69, 9.17) is 37.0 Å². The first-order valence-corrected chi connectivity index (χ1v) is 41.4. The maximum absolute atomic E-state index is 13.1. The molecule has 19 heteroatoms. The number of unbranched alkanes of at least 4 members (excludes halogenated alkanes) is 23. The molecule has 0 saturated heterocycles. The first-order chi connectivity index (χ1) is 48.7. The number of phosphoric acid groups is 2. The fourth-order valence-corrected chi connectivity index (χ4v) is 11.3. The molecular formula is C81H136O17P2. The molecular weight excluding hydrogens is 1310 g/mol. The number of allylic oxidation sites excluding steroid dienone is 22. The van der Waals surface area contributed by atoms with Crippen LogP contribution in [0.15, 0.2) is 134 Å². The summed E-state index contributed by atoms with van der Waals surface area (Å²) in [6.07, 6.45) is 80.1. The number of esters is 4. The van der Waals surface area contributed by atoms with Crippen LogP contribution in [0, 0.1) is 0 Å². The molecule has 3 N–H and O–H groups in total. The number of hydrogen-bond acceptors (Lipinski definition) is 15. The Kier molecular flexibility index (Phi) is 69.1. The minimum Gasteiger partial charge on any atom is -0.462 e. The molecule has 0 heterocycles. The van der Waals surface area contributed by atoms with Gasteiger partial charge in [0.05, 0.1) is 26.4 Å². The minimum atomic E-state index is -4.99. The van der Waals surface area contributed by atoms with Gasteiger partial charge in [-0.1, -0.05) is 251 Å². The van der Waals surface area contributed by atoms with Crippen LogP contribution >= 0.6 is 15.6 Å². The van der Waals surface area contributed by atoms with Crippen molar-refractivity contribution in [2.24, 2.45) is 0 Å². The van der Waals surface area contributed by atoms with Crippen LogP contribution in [0.5, 0.6) is 0 Å². The molecule has 0 radical (unpaired) electrons. The molecule has 0 aliphatic heterocycles. The van der Waals surface area contributed by atoms with Crippen LogP contribution in [-0.4, -0.2) is 96.7 Å². The maximum atomic E-state index is 13.1. The van der Waals surface area contributed by atoms with Crippen molar-refractivity contribution < 1.29 is 80.2 Å². The van der Waals surface area contributed by atoms with E-state index in [9.17, 15) is 43.2 Å². The van der Waals surface area contributed by atoms with Gasteiger partial charge in [0.1, 0.15) is 19.3 Å². The van der Waals surface area contributed by atoms with E-state index in [1.807, 2.05) is 0 Å². The van der Waals surface area contributed by atoms with Gasteiger partial charge in [-0.05, 0) is 154 Å². The number of rotatable bonds is 71. The number of hydrogen-bond donors (Lipinski definition) is 3. The molecule has 0 amide bonds. The topological polar surface area (TPSA) is 237 Å². The maximum Gasteiger partial charge on any atom is 0.472 e. The van der Waals surface area contributed by atoms with Gasteiger partial charge in [0.2, 0.25) is 0 Å². The largest absolute Gasteiger partial charge is 0.472 e. The number of aliphatic hydroxyl groups excluding tert-OH is 1. The number of carbonyl (C=O) groups is 4. The lowest BCUT2D eigenvalue weighted by Crippen LogP contribution is -2.30. The standard InChI is InChI=1S/C81H136O17P2/c1-5-9-13-17-21-25-29-33-36-37-40-43-46-50-54-58-62-66-79(84)92-71-76(97-80(85)67-63-59-55-51-47-41-32-28-24-20-16-12-8-4)73-95-99(87,88)93-69-75(82)70-94-100(89,90)96-74-77(98-81(86)68-64-60-56-52-48-44-39-35-31-27-23-19-15-11-7-3)72-91-78(83)65-61-57-53-49-45-42-38-34-30-26-22-18-14-10-6-2/h9-10,13-14,16,20-22,25-26,28,32-36,38-40,43,45,49,75-77,82H,5-8,11-12,15,17-19,23-24,27,29-31,37,41-42,44,46-48,50-74H2,1-4H3,(H,87,88)(H,89,90)/b13-9-,14-10-,20-16-,25-21-,26-22-,32-28-,36-33-,38-34-,39-35-,43-40-,49-45-. The summed E-state index contributed by atoms with van der Waals surface area (Å²) in [5.74, 6) is -2.28. The smallest absolute Gasteiger partial charge is 0.462 e. The highest BCUT2D eigenvalue weighted by molar-refractivity contribution is 7.47. The predicted octanol–water partition coefficient (Wildman–Crippen LogP) is 22.1. The Morgan fingerprint density at radius 3 is 0.870 bits per heavy atom. The fraction of sp³-hybridized carbons (Fsp3) is 0.679. The summed E-state index contributed by atoms with van der Waals surface area (Å²) in [6.45, 7) is 4.47. The van der Waals surface area contributed by atoms with Gasteiger partial charge in [0.15, 0.2) is 12.2 Å². The summed E-state index contributed by atoms with van der Waals surface area (Å²) in [6, 6.07) is 0. The molecule has 0 fully saturated rings. The fourth-order valence-electron chi connectivity index (χ4n) is 9.76. The summed E-state index contributed by atoms with van der Waals surface area (Å²) < 4.78 is 68.4. The number of aliphatic hydroxyl groups is 1. The third-order valence-corrected chi connectivity index (χ3v) is 17.5. The second kappa shape index (κ2) is 72.5. The highest BCUT2D eigenvalue weighted by Gasteiger charge is 2.30. The second-order valence-electron chi connectivity index (χ2n) is 25.2. The third-order valence-electron chi connectivity index (χ3n) is 15.6. The van der Waals surface area contributed by atoms with Crippen LogP contribution in [0.1, 0.15) is 297 Å². The van der Waals surface area contributed by atoms with E-state index in [1.165, 1.54) is 38.5 Å². The lowest BCUT2D eigenvalue weighted by atomic mass is 10.1. The van der Waals surface area contributed by atoms with E-state index in [-0.39, 0.29) is 25.7 Å². The van der Waals surface area contributed by atoms with Gasteiger partial charge in [-0.3, -0.25) is 37.3 Å². The predicted molar refractivity (Wildman–Crippen MR) is 408 cm³/mol. The SMILES string of the molecule is CC/C=C\C/C=C\C/C=C\C/C=C\CCCCCCC(=O)OCC(COP(=O)(O)OCC(O)COP(=O)(O)OCC(COC(=O)CCCC/C=C\C/C=C\C/C=C\C/C=C\CC)OC(=O)CCCCCCC/C=C\CCCCCCCC)OC(=O)CCCCCCC/C=C\C/C=C\CCC. The lowest BCUT2D eigenvalue weighted by Gasteiger charge is -2.21. The second-order valence-corrected chi connectivity index (χ2v) is 28.1. The average molecular weight is 1440 g/mol. The first kappa shape index (κ1) is 95.2. The first-order valence-electron chi connectivity index (χ1n) is 38.4. The summed E-state index contributed by atoms with van der Waals surface area (Å²) >= 11 is 0. The normalized spacial score (nSPS) is 14.7. The van der Waals surface area contributed by atoms with Crippen molar-refractivity contribution in [3.05, 3.63) is 134 Å². The van der Waals surface area contributed by atoms with Crippen molar-refractivity contribution in [1.29, 1.82) is 0 Å². The molecule has 17 nitrogen and oxygen atoms in total. The summed E-state index contributed by atoms with van der Waals surface area (Å²) in [4.78, 5) is 72.9. The Balaban J connectivity index is 5.42. The van der Waals surface area contributed by atoms with Crippen molar-refractivity contribution in [2.45, 2.75) is 316 Å². The highest BCUT2D eigenvalue weighted by atomic mass is 31.2. The van der Waals surface area contributed by atoms with Crippen LogP contribution in [0.2, 0.25) is 0 Å². The lowest BCUT2D eigenvalue weighted by molar-refractivity contribution is -0.161. The van der Waals surface area contributed by atoms with Gasteiger partial charge in [0, 0.05) is 25.7 Å². The molecule has 0 aromatic heterocycles. The van der Waals surface area contributed by atoms with E-state index in [0.717, 1.165) is 180 Å². The molecule has 0 aromatic rings. The van der Waals surface area contributed by atoms with Crippen molar-refractivity contribution in [3.63, 3.8) is 0 Å². The van der Waals surface area contributed by atoms with Crippen molar-refractivity contribution in [2.75, 3.05) is 39.6 Å². The minimum absolute atomic E-state index is 0.0687. The van der Waals surface area contributed by atoms with Crippen LogP contribution < -0.4 is 0 Å². The van der Waals surface area contributed by atoms with Crippen LogP contribution in [0.25, 0.3) is 0 Å². The number of phosphoric ester groups is 2. The molecule has 5 unspecified atom stereocenters. The van der Waals surface area contributed by atoms with Crippen molar-refractivity contribution in [1.82, 2.24) is 0 Å². The zero-order valence-corrected chi connectivity index (χ0v) is 64.1. The summed E-state index contributed by atoms with van der Waals surface area (Å²) in [7, 11) is -9.98. The molecule has 0 rings (SSSR count). The monoisotopic (exact) mass is 1440 g/mol. The zero-order chi connectivity index (χ0) is 73.2. The molecule has 572 valence electrons. The van der Waals surface area contributed by atoms with E-state index in [1.54, 1.807) is 0 Å². The van der Waals surface area contributed by atoms with Crippen molar-refractivity contribution >= 4 is 39.5 Å².